The van der Waals surface area contributed by atoms with E-state index in [9.17, 15) is 14.4 Å². The molecule has 7 heteroatoms. The van der Waals surface area contributed by atoms with Crippen molar-refractivity contribution in [3.8, 4) is 0 Å². The Hall–Kier alpha value is -2.41. The molecule has 1 aromatic rings. The molecule has 1 fully saturated rings. The lowest BCUT2D eigenvalue weighted by Gasteiger charge is -2.31. The molecule has 0 saturated carbocycles. The molecule has 1 aliphatic heterocycles. The summed E-state index contributed by atoms with van der Waals surface area (Å²) in [7, 11) is 1.82. The molecule has 142 valence electrons. The minimum Gasteiger partial charge on any atom is -0.369 e. The van der Waals surface area contributed by atoms with E-state index in [1.54, 1.807) is 4.90 Å². The summed E-state index contributed by atoms with van der Waals surface area (Å²) in [5.74, 6) is -0.786. The average molecular weight is 361 g/mol. The van der Waals surface area contributed by atoms with E-state index in [0.717, 1.165) is 34.6 Å². The van der Waals surface area contributed by atoms with E-state index in [-0.39, 0.29) is 36.7 Å². The number of carbonyl (C=O) groups is 3. The number of hydrogen-bond acceptors (Lipinski definition) is 3. The van der Waals surface area contributed by atoms with Crippen LogP contribution in [0.25, 0.3) is 0 Å². The van der Waals surface area contributed by atoms with E-state index in [2.05, 4.69) is 5.32 Å². The van der Waals surface area contributed by atoms with E-state index >= 15 is 0 Å². The van der Waals surface area contributed by atoms with Gasteiger partial charge in [0.25, 0.3) is 11.8 Å². The first-order valence-corrected chi connectivity index (χ1v) is 9.02. The lowest BCUT2D eigenvalue weighted by molar-refractivity contribution is -0.862. The fourth-order valence-corrected chi connectivity index (χ4v) is 3.34. The highest BCUT2D eigenvalue weighted by Gasteiger charge is 2.28. The molecule has 1 aromatic carbocycles. The van der Waals surface area contributed by atoms with Gasteiger partial charge in [0, 0.05) is 18.8 Å². The second-order valence-electron chi connectivity index (χ2n) is 7.21. The Kier molecular flexibility index (Phi) is 6.74. The monoisotopic (exact) mass is 361 g/mol. The number of hydrogen-bond donors (Lipinski definition) is 3. The van der Waals surface area contributed by atoms with Crippen LogP contribution in [0.5, 0.6) is 0 Å². The number of carbonyl (C=O) groups excluding carboxylic acids is 3. The van der Waals surface area contributed by atoms with Gasteiger partial charge in [-0.2, -0.15) is 0 Å². The largest absolute Gasteiger partial charge is 0.369 e. The average Bonchev–Trinajstić information content (AvgIpc) is 2.58. The van der Waals surface area contributed by atoms with Crippen LogP contribution >= 0.6 is 0 Å². The molecule has 3 amide bonds. The van der Waals surface area contributed by atoms with Crippen molar-refractivity contribution in [3.05, 3.63) is 29.3 Å². The summed E-state index contributed by atoms with van der Waals surface area (Å²) >= 11 is 0. The number of likely N-dealkylation sites (N-methyl/N-ethyl adjacent to an activating group) is 1. The Morgan fingerprint density at radius 2 is 1.88 bits per heavy atom. The number of aryl methyl sites for hydroxylation is 2. The third-order valence-electron chi connectivity index (χ3n) is 4.84. The lowest BCUT2D eigenvalue weighted by atomic mass is 9.97. The van der Waals surface area contributed by atoms with Crippen molar-refractivity contribution >= 4 is 23.4 Å². The van der Waals surface area contributed by atoms with Gasteiger partial charge in [-0.15, -0.1) is 0 Å². The Balaban J connectivity index is 1.85. The minimum absolute atomic E-state index is 0.0478. The Bertz CT molecular complexity index is 669. The van der Waals surface area contributed by atoms with Gasteiger partial charge in [-0.25, -0.2) is 0 Å². The molecular weight excluding hydrogens is 332 g/mol. The van der Waals surface area contributed by atoms with Crippen LogP contribution in [-0.4, -0.2) is 55.8 Å². The second kappa shape index (κ2) is 8.80. The van der Waals surface area contributed by atoms with Crippen LogP contribution in [-0.2, 0) is 14.4 Å². The van der Waals surface area contributed by atoms with Gasteiger partial charge >= 0.3 is 0 Å². The van der Waals surface area contributed by atoms with E-state index < -0.39 is 0 Å². The van der Waals surface area contributed by atoms with Crippen LogP contribution in [0, 0.1) is 19.8 Å². The van der Waals surface area contributed by atoms with E-state index in [0.29, 0.717) is 13.1 Å². The maximum Gasteiger partial charge on any atom is 0.279 e. The first kappa shape index (κ1) is 19.9. The van der Waals surface area contributed by atoms with Gasteiger partial charge in [-0.05, 0) is 37.8 Å². The van der Waals surface area contributed by atoms with Gasteiger partial charge in [0.2, 0.25) is 5.91 Å². The molecule has 1 heterocycles. The number of likely N-dealkylation sites (tertiary alicyclic amines) is 1. The van der Waals surface area contributed by atoms with Crippen LogP contribution in [0.4, 0.5) is 5.69 Å². The van der Waals surface area contributed by atoms with E-state index in [1.165, 1.54) is 0 Å². The van der Waals surface area contributed by atoms with Crippen LogP contribution in [0.1, 0.15) is 24.0 Å². The van der Waals surface area contributed by atoms with Crippen molar-refractivity contribution in [3.63, 3.8) is 0 Å². The van der Waals surface area contributed by atoms with Crippen molar-refractivity contribution in [2.45, 2.75) is 26.7 Å². The second-order valence-corrected chi connectivity index (χ2v) is 7.21. The highest BCUT2D eigenvalue weighted by molar-refractivity contribution is 5.93. The van der Waals surface area contributed by atoms with Gasteiger partial charge in [-0.3, -0.25) is 14.4 Å². The number of quaternary nitrogens is 1. The summed E-state index contributed by atoms with van der Waals surface area (Å²) in [6.07, 6.45) is 1.52. The van der Waals surface area contributed by atoms with Gasteiger partial charge in [0.1, 0.15) is 0 Å². The molecule has 0 bridgehead atoms. The predicted molar refractivity (Wildman–Crippen MR) is 99.7 cm³/mol. The summed E-state index contributed by atoms with van der Waals surface area (Å²) in [6, 6.07) is 5.86. The summed E-state index contributed by atoms with van der Waals surface area (Å²) in [5, 5.41) is 2.94. The molecule has 4 N–H and O–H groups in total. The highest BCUT2D eigenvalue weighted by Crippen LogP contribution is 2.19. The molecule has 2 atom stereocenters. The SMILES string of the molecule is Cc1cccc(C)c1NC(=O)C[NH+](C)CC(=O)N1CCC[C@H](C(N)=O)C1. The number of piperidine rings is 1. The molecule has 0 spiro atoms. The number of anilines is 1. The third kappa shape index (κ3) is 5.29. The van der Waals surface area contributed by atoms with E-state index in [4.69, 9.17) is 5.73 Å². The number of benzene rings is 1. The number of nitrogens with one attached hydrogen (secondary N) is 2. The molecule has 0 radical (unpaired) electrons. The van der Waals surface area contributed by atoms with Gasteiger partial charge in [0.05, 0.1) is 13.0 Å². The molecular formula is C19H29N4O3+. The third-order valence-corrected chi connectivity index (χ3v) is 4.84. The molecule has 1 unspecified atom stereocenters. The molecule has 0 aromatic heterocycles. The fourth-order valence-electron chi connectivity index (χ4n) is 3.34. The summed E-state index contributed by atoms with van der Waals surface area (Å²) in [4.78, 5) is 38.6. The summed E-state index contributed by atoms with van der Waals surface area (Å²) in [6.45, 7) is 5.35. The zero-order chi connectivity index (χ0) is 19.3. The van der Waals surface area contributed by atoms with Crippen molar-refractivity contribution < 1.29 is 19.3 Å². The maximum absolute atomic E-state index is 12.4. The van der Waals surface area contributed by atoms with Gasteiger partial charge < -0.3 is 20.9 Å². The van der Waals surface area contributed by atoms with Gasteiger partial charge in [-0.1, -0.05) is 18.2 Å². The van der Waals surface area contributed by atoms with Crippen molar-refractivity contribution in [2.24, 2.45) is 11.7 Å². The fraction of sp³-hybridized carbons (Fsp3) is 0.526. The number of primary amides is 1. The summed E-state index contributed by atoms with van der Waals surface area (Å²) < 4.78 is 0. The number of para-hydroxylation sites is 1. The number of nitrogens with two attached hydrogens (primary N) is 1. The minimum atomic E-state index is -0.351. The zero-order valence-electron chi connectivity index (χ0n) is 15.8. The topological polar surface area (TPSA) is 96.9 Å². The normalized spacial score (nSPS) is 18.3. The first-order chi connectivity index (χ1) is 12.3. The number of nitrogens with zero attached hydrogens (tertiary/aromatic N) is 1. The van der Waals surface area contributed by atoms with Crippen LogP contribution in [0.2, 0.25) is 0 Å². The van der Waals surface area contributed by atoms with E-state index in [1.807, 2.05) is 39.1 Å². The standard InChI is InChI=1S/C19H28N4O3/c1-13-6-4-7-14(2)18(13)21-16(24)11-22(3)12-17(25)23-9-5-8-15(10-23)19(20)26/h4,6-7,15H,5,8-12H2,1-3H3,(H2,20,26)(H,21,24)/p+1/t15-/m0/s1. The van der Waals surface area contributed by atoms with Crippen LogP contribution in [0.15, 0.2) is 18.2 Å². The Morgan fingerprint density at radius 1 is 1.23 bits per heavy atom. The number of amides is 3. The Labute approximate surface area is 154 Å². The van der Waals surface area contributed by atoms with Crippen LogP contribution in [0.3, 0.4) is 0 Å². The maximum atomic E-state index is 12.4. The Morgan fingerprint density at radius 3 is 2.50 bits per heavy atom. The first-order valence-electron chi connectivity index (χ1n) is 9.02. The summed E-state index contributed by atoms with van der Waals surface area (Å²) in [5.41, 5.74) is 8.21. The van der Waals surface area contributed by atoms with Gasteiger partial charge in [0.15, 0.2) is 13.1 Å². The van der Waals surface area contributed by atoms with Crippen LogP contribution < -0.4 is 16.0 Å². The molecule has 26 heavy (non-hydrogen) atoms. The predicted octanol–water partition coefficient (Wildman–Crippen LogP) is -0.519. The molecule has 2 rings (SSSR count). The zero-order valence-corrected chi connectivity index (χ0v) is 15.8. The lowest BCUT2D eigenvalue weighted by Crippen LogP contribution is -3.11. The quantitative estimate of drug-likeness (QED) is 0.636. The smallest absolute Gasteiger partial charge is 0.279 e. The van der Waals surface area contributed by atoms with Crippen molar-refractivity contribution in [1.82, 2.24) is 4.90 Å². The van der Waals surface area contributed by atoms with Crippen molar-refractivity contribution in [1.29, 1.82) is 0 Å². The molecule has 0 aliphatic carbocycles. The molecule has 1 saturated heterocycles. The molecule has 7 nitrogen and oxygen atoms in total. The van der Waals surface area contributed by atoms with Crippen molar-refractivity contribution in [2.75, 3.05) is 38.5 Å². The molecule has 1 aliphatic rings. The highest BCUT2D eigenvalue weighted by atomic mass is 16.2. The number of rotatable bonds is 6.